The largest absolute Gasteiger partial charge is 0.497 e. The predicted molar refractivity (Wildman–Crippen MR) is 137 cm³/mol. The Labute approximate surface area is 207 Å². The van der Waals surface area contributed by atoms with Gasteiger partial charge in [0, 0.05) is 17.8 Å². The number of benzene rings is 1. The maximum Gasteiger partial charge on any atom is 0.262 e. The molecule has 2 amide bonds. The van der Waals surface area contributed by atoms with E-state index >= 15 is 0 Å². The summed E-state index contributed by atoms with van der Waals surface area (Å²) < 4.78 is 6.71. The number of fused-ring (bicyclic) bond motifs is 1. The maximum atomic E-state index is 13.1. The SMILES string of the molecule is COc1ccc(C(C)(C)NC(=O)c2cc(-c3cc(C(=O)NC(C)C)c4nc(N)nn4c3)cs2)cc1. The Morgan fingerprint density at radius 3 is 2.49 bits per heavy atom. The van der Waals surface area contributed by atoms with E-state index in [1.807, 2.05) is 57.3 Å². The van der Waals surface area contributed by atoms with Gasteiger partial charge in [-0.1, -0.05) is 12.1 Å². The van der Waals surface area contributed by atoms with Crippen LogP contribution in [-0.4, -0.2) is 39.6 Å². The first-order chi connectivity index (χ1) is 16.6. The molecule has 0 aliphatic rings. The summed E-state index contributed by atoms with van der Waals surface area (Å²) in [5.74, 6) is 0.373. The number of nitrogens with one attached hydrogen (secondary N) is 2. The van der Waals surface area contributed by atoms with Crippen LogP contribution in [0.5, 0.6) is 5.75 Å². The van der Waals surface area contributed by atoms with Gasteiger partial charge in [-0.05, 0) is 68.5 Å². The van der Waals surface area contributed by atoms with Gasteiger partial charge in [-0.25, -0.2) is 4.52 Å². The summed E-state index contributed by atoms with van der Waals surface area (Å²) in [6, 6.07) is 11.1. The minimum Gasteiger partial charge on any atom is -0.497 e. The van der Waals surface area contributed by atoms with Gasteiger partial charge in [0.25, 0.3) is 11.8 Å². The molecule has 0 saturated carbocycles. The number of pyridine rings is 1. The molecule has 10 heteroatoms. The molecule has 0 atom stereocenters. The molecule has 0 aliphatic carbocycles. The number of rotatable bonds is 7. The third kappa shape index (κ3) is 5.12. The fraction of sp³-hybridized carbons (Fsp3) is 0.280. The van der Waals surface area contributed by atoms with E-state index in [1.165, 1.54) is 15.9 Å². The zero-order valence-electron chi connectivity index (χ0n) is 20.2. The molecule has 3 aromatic heterocycles. The van der Waals surface area contributed by atoms with Crippen LogP contribution in [-0.2, 0) is 5.54 Å². The summed E-state index contributed by atoms with van der Waals surface area (Å²) in [6.07, 6.45) is 1.75. The molecule has 4 rings (SSSR count). The number of aromatic nitrogens is 3. The van der Waals surface area contributed by atoms with E-state index in [0.717, 1.165) is 22.4 Å². The van der Waals surface area contributed by atoms with Crippen LogP contribution < -0.4 is 21.1 Å². The Hall–Kier alpha value is -3.92. The molecule has 0 bridgehead atoms. The number of thiophene rings is 1. The van der Waals surface area contributed by atoms with E-state index < -0.39 is 5.54 Å². The number of hydrogen-bond acceptors (Lipinski definition) is 7. The molecule has 4 aromatic rings. The third-order valence-electron chi connectivity index (χ3n) is 5.51. The summed E-state index contributed by atoms with van der Waals surface area (Å²) in [7, 11) is 1.62. The number of nitrogens with two attached hydrogens (primary N) is 1. The Bertz CT molecular complexity index is 1390. The van der Waals surface area contributed by atoms with Gasteiger partial charge in [0.1, 0.15) is 5.75 Å². The minimum atomic E-state index is -0.590. The minimum absolute atomic E-state index is 0.0445. The monoisotopic (exact) mass is 492 g/mol. The van der Waals surface area contributed by atoms with Gasteiger partial charge < -0.3 is 21.1 Å². The van der Waals surface area contributed by atoms with Crippen molar-refractivity contribution in [2.75, 3.05) is 12.8 Å². The van der Waals surface area contributed by atoms with Crippen LogP contribution in [0.15, 0.2) is 48.0 Å². The van der Waals surface area contributed by atoms with Crippen molar-refractivity contribution in [2.24, 2.45) is 0 Å². The van der Waals surface area contributed by atoms with E-state index in [9.17, 15) is 9.59 Å². The predicted octanol–water partition coefficient (Wildman–Crippen LogP) is 3.85. The molecule has 35 heavy (non-hydrogen) atoms. The van der Waals surface area contributed by atoms with Gasteiger partial charge in [0.2, 0.25) is 5.95 Å². The van der Waals surface area contributed by atoms with Crippen molar-refractivity contribution in [1.29, 1.82) is 0 Å². The van der Waals surface area contributed by atoms with Gasteiger partial charge in [-0.2, -0.15) is 4.98 Å². The summed E-state index contributed by atoms with van der Waals surface area (Å²) in [5.41, 5.74) is 8.40. The second-order valence-corrected chi connectivity index (χ2v) is 9.93. The molecule has 0 radical (unpaired) electrons. The normalized spacial score (nSPS) is 11.6. The Balaban J connectivity index is 1.61. The molecular formula is C25H28N6O3S. The van der Waals surface area contributed by atoms with Gasteiger partial charge in [-0.3, -0.25) is 9.59 Å². The van der Waals surface area contributed by atoms with Crippen LogP contribution in [0, 0.1) is 0 Å². The first-order valence-corrected chi connectivity index (χ1v) is 12.0. The van der Waals surface area contributed by atoms with E-state index in [4.69, 9.17) is 10.5 Å². The van der Waals surface area contributed by atoms with Crippen LogP contribution >= 0.6 is 11.3 Å². The van der Waals surface area contributed by atoms with Gasteiger partial charge in [-0.15, -0.1) is 16.4 Å². The molecular weight excluding hydrogens is 464 g/mol. The number of anilines is 1. The molecule has 182 valence electrons. The number of carbonyl (C=O) groups is 2. The van der Waals surface area contributed by atoms with Crippen LogP contribution in [0.4, 0.5) is 5.95 Å². The van der Waals surface area contributed by atoms with Crippen molar-refractivity contribution < 1.29 is 14.3 Å². The second-order valence-electron chi connectivity index (χ2n) is 9.02. The lowest BCUT2D eigenvalue weighted by Crippen LogP contribution is -2.40. The van der Waals surface area contributed by atoms with E-state index in [2.05, 4.69) is 20.7 Å². The first-order valence-electron chi connectivity index (χ1n) is 11.1. The molecule has 3 heterocycles. The van der Waals surface area contributed by atoms with Crippen LogP contribution in [0.25, 0.3) is 16.8 Å². The molecule has 1 aromatic carbocycles. The number of nitrogen functional groups attached to an aromatic ring is 1. The highest BCUT2D eigenvalue weighted by molar-refractivity contribution is 7.12. The van der Waals surface area contributed by atoms with Gasteiger partial charge in [0.05, 0.1) is 23.1 Å². The average Bonchev–Trinajstić information content (AvgIpc) is 3.44. The second kappa shape index (κ2) is 9.38. The van der Waals surface area contributed by atoms with Crippen molar-refractivity contribution in [3.63, 3.8) is 0 Å². The van der Waals surface area contributed by atoms with Crippen molar-refractivity contribution in [3.05, 3.63) is 64.0 Å². The lowest BCUT2D eigenvalue weighted by molar-refractivity contribution is 0.0913. The smallest absolute Gasteiger partial charge is 0.262 e. The Morgan fingerprint density at radius 1 is 1.11 bits per heavy atom. The summed E-state index contributed by atoms with van der Waals surface area (Å²) in [5, 5.41) is 12.0. The maximum absolute atomic E-state index is 13.1. The zero-order chi connectivity index (χ0) is 25.3. The summed E-state index contributed by atoms with van der Waals surface area (Å²) in [4.78, 5) is 30.6. The van der Waals surface area contributed by atoms with Crippen molar-refractivity contribution in [3.8, 4) is 16.9 Å². The lowest BCUT2D eigenvalue weighted by Gasteiger charge is -2.26. The molecule has 4 N–H and O–H groups in total. The molecule has 9 nitrogen and oxygen atoms in total. The number of hydrogen-bond donors (Lipinski definition) is 3. The van der Waals surface area contributed by atoms with E-state index in [1.54, 1.807) is 25.4 Å². The van der Waals surface area contributed by atoms with Crippen LogP contribution in [0.2, 0.25) is 0 Å². The van der Waals surface area contributed by atoms with Gasteiger partial charge >= 0.3 is 0 Å². The lowest BCUT2D eigenvalue weighted by atomic mass is 9.94. The van der Waals surface area contributed by atoms with E-state index in [0.29, 0.717) is 16.1 Å². The number of nitrogens with zero attached hydrogens (tertiary/aromatic N) is 3. The van der Waals surface area contributed by atoms with Gasteiger partial charge in [0.15, 0.2) is 5.65 Å². The number of methoxy groups -OCH3 is 1. The number of ether oxygens (including phenoxy) is 1. The molecule has 0 saturated heterocycles. The topological polar surface area (TPSA) is 124 Å². The molecule has 0 aliphatic heterocycles. The molecule has 0 fully saturated rings. The third-order valence-corrected chi connectivity index (χ3v) is 6.44. The van der Waals surface area contributed by atoms with E-state index in [-0.39, 0.29) is 23.8 Å². The quantitative estimate of drug-likeness (QED) is 0.360. The highest BCUT2D eigenvalue weighted by Crippen LogP contribution is 2.29. The van der Waals surface area contributed by atoms with Crippen molar-refractivity contribution in [1.82, 2.24) is 25.2 Å². The molecule has 0 spiro atoms. The highest BCUT2D eigenvalue weighted by Gasteiger charge is 2.25. The fourth-order valence-electron chi connectivity index (χ4n) is 3.70. The summed E-state index contributed by atoms with van der Waals surface area (Å²) >= 11 is 1.33. The number of carbonyl (C=O) groups excluding carboxylic acids is 2. The summed E-state index contributed by atoms with van der Waals surface area (Å²) in [6.45, 7) is 7.66. The highest BCUT2D eigenvalue weighted by atomic mass is 32.1. The van der Waals surface area contributed by atoms with Crippen molar-refractivity contribution in [2.45, 2.75) is 39.3 Å². The van der Waals surface area contributed by atoms with Crippen LogP contribution in [0.1, 0.15) is 53.3 Å². The number of amides is 2. The fourth-order valence-corrected chi connectivity index (χ4v) is 4.51. The molecule has 0 unspecified atom stereocenters. The van der Waals surface area contributed by atoms with Crippen LogP contribution in [0.3, 0.4) is 0 Å². The Kier molecular flexibility index (Phi) is 6.49. The van der Waals surface area contributed by atoms with Crippen molar-refractivity contribution >= 4 is 34.7 Å². The first kappa shape index (κ1) is 24.2. The zero-order valence-corrected chi connectivity index (χ0v) is 21.1. The standard InChI is InChI=1S/C25H28N6O3S/c1-14(2)27-22(32)19-10-15(12-31-21(19)28-24(26)30-31)16-11-20(35-13-16)23(33)29-25(3,4)17-6-8-18(34-5)9-7-17/h6-14H,1-5H3,(H2,26,30)(H,27,32)(H,29,33). The Morgan fingerprint density at radius 2 is 1.83 bits per heavy atom. The average molecular weight is 493 g/mol.